The molecule has 9 nitrogen and oxygen atoms in total. The van der Waals surface area contributed by atoms with Crippen LogP contribution in [0.2, 0.25) is 5.02 Å². The fourth-order valence-electron chi connectivity index (χ4n) is 3.42. The molecule has 10 heteroatoms. The Kier molecular flexibility index (Phi) is 5.51. The Morgan fingerprint density at radius 1 is 1.10 bits per heavy atom. The Balaban J connectivity index is 1.61. The summed E-state index contributed by atoms with van der Waals surface area (Å²) in [6, 6.07) is 7.10. The molecule has 0 unspecified atom stereocenters. The normalized spacial score (nSPS) is 11.0. The molecule has 0 aliphatic carbocycles. The van der Waals surface area contributed by atoms with Crippen LogP contribution in [0.25, 0.3) is 11.6 Å². The van der Waals surface area contributed by atoms with E-state index >= 15 is 0 Å². The predicted octanol–water partition coefficient (Wildman–Crippen LogP) is 3.31. The quantitative estimate of drug-likeness (QED) is 0.514. The second kappa shape index (κ2) is 8.27. The van der Waals surface area contributed by atoms with Crippen molar-refractivity contribution < 1.29 is 4.79 Å². The zero-order chi connectivity index (χ0) is 22.1. The number of benzene rings is 1. The maximum Gasteiger partial charge on any atom is 0.251 e. The molecule has 3 heterocycles. The maximum absolute atomic E-state index is 12.9. The zero-order valence-corrected chi connectivity index (χ0v) is 18.3. The van der Waals surface area contributed by atoms with E-state index < -0.39 is 0 Å². The van der Waals surface area contributed by atoms with E-state index in [4.69, 9.17) is 11.6 Å². The van der Waals surface area contributed by atoms with Gasteiger partial charge in [-0.15, -0.1) is 0 Å². The van der Waals surface area contributed by atoms with Crippen molar-refractivity contribution in [3.05, 3.63) is 70.3 Å². The number of nitrogens with one attached hydrogen (secondary N) is 1. The molecule has 158 valence electrons. The smallest absolute Gasteiger partial charge is 0.251 e. The topological polar surface area (TPSA) is 103 Å². The number of halogens is 1. The molecule has 31 heavy (non-hydrogen) atoms. The molecule has 0 spiro atoms. The fraction of sp³-hybridized carbons (Fsp3) is 0.238. The Morgan fingerprint density at radius 3 is 2.52 bits per heavy atom. The summed E-state index contributed by atoms with van der Waals surface area (Å²) in [6.45, 7) is 7.60. The van der Waals surface area contributed by atoms with Crippen LogP contribution in [0, 0.1) is 27.7 Å². The van der Waals surface area contributed by atoms with Gasteiger partial charge in [0, 0.05) is 27.7 Å². The van der Waals surface area contributed by atoms with Crippen molar-refractivity contribution in [2.24, 2.45) is 0 Å². The molecule has 0 fully saturated rings. The van der Waals surface area contributed by atoms with Gasteiger partial charge in [0.1, 0.15) is 12.7 Å². The first kappa shape index (κ1) is 20.7. The number of aryl methyl sites for hydroxylation is 3. The third kappa shape index (κ3) is 4.31. The first-order valence-electron chi connectivity index (χ1n) is 9.64. The van der Waals surface area contributed by atoms with Crippen molar-refractivity contribution in [2.75, 3.05) is 5.32 Å². The highest BCUT2D eigenvalue weighted by Crippen LogP contribution is 2.25. The molecule has 0 atom stereocenters. The Hall–Kier alpha value is -3.59. The van der Waals surface area contributed by atoms with E-state index in [0.29, 0.717) is 22.3 Å². The zero-order valence-electron chi connectivity index (χ0n) is 17.6. The average molecular weight is 437 g/mol. The average Bonchev–Trinajstić information content (AvgIpc) is 3.32. The van der Waals surface area contributed by atoms with Crippen LogP contribution in [0.1, 0.15) is 28.3 Å². The largest absolute Gasteiger partial charge is 0.324 e. The number of anilines is 1. The molecule has 0 aliphatic rings. The molecule has 0 saturated heterocycles. The van der Waals surface area contributed by atoms with Crippen molar-refractivity contribution in [1.82, 2.24) is 34.5 Å². The van der Waals surface area contributed by atoms with Crippen LogP contribution >= 0.6 is 11.6 Å². The molecule has 1 amide bonds. The van der Waals surface area contributed by atoms with Gasteiger partial charge in [-0.1, -0.05) is 11.6 Å². The third-order valence-corrected chi connectivity index (χ3v) is 5.07. The first-order chi connectivity index (χ1) is 14.8. The lowest BCUT2D eigenvalue weighted by molar-refractivity contribution is -0.115. The van der Waals surface area contributed by atoms with E-state index in [-0.39, 0.29) is 12.3 Å². The standard InChI is InChI=1S/C21H21ClN8O/c1-12-7-13(2)26-21(25-12)30-15(4)17(14(3)28-30)9-20(31)27-18-8-16(22)5-6-19(18)29-11-23-10-24-29/h5-8,10-11H,9H2,1-4H3,(H,27,31). The first-order valence-corrected chi connectivity index (χ1v) is 10.0. The van der Waals surface area contributed by atoms with Crippen LogP contribution in [0.5, 0.6) is 0 Å². The number of aromatic nitrogens is 7. The molecular weight excluding hydrogens is 416 g/mol. The van der Waals surface area contributed by atoms with E-state index in [1.54, 1.807) is 33.9 Å². The molecule has 1 N–H and O–H groups in total. The Morgan fingerprint density at radius 2 is 1.84 bits per heavy atom. The van der Waals surface area contributed by atoms with Gasteiger partial charge in [-0.2, -0.15) is 10.2 Å². The lowest BCUT2D eigenvalue weighted by Gasteiger charge is -2.11. The number of hydrogen-bond donors (Lipinski definition) is 1. The van der Waals surface area contributed by atoms with Gasteiger partial charge in [0.15, 0.2) is 0 Å². The van der Waals surface area contributed by atoms with Gasteiger partial charge < -0.3 is 5.32 Å². The third-order valence-electron chi connectivity index (χ3n) is 4.84. The van der Waals surface area contributed by atoms with E-state index in [0.717, 1.165) is 28.3 Å². The molecule has 4 rings (SSSR count). The monoisotopic (exact) mass is 436 g/mol. The van der Waals surface area contributed by atoms with Gasteiger partial charge in [0.05, 0.1) is 23.5 Å². The van der Waals surface area contributed by atoms with Crippen LogP contribution in [0.3, 0.4) is 0 Å². The molecule has 4 aromatic rings. The summed E-state index contributed by atoms with van der Waals surface area (Å²) in [5.74, 6) is 0.295. The number of amides is 1. The van der Waals surface area contributed by atoms with E-state index in [9.17, 15) is 4.79 Å². The summed E-state index contributed by atoms with van der Waals surface area (Å²) in [6.07, 6.45) is 3.13. The van der Waals surface area contributed by atoms with Gasteiger partial charge in [-0.25, -0.2) is 24.3 Å². The minimum atomic E-state index is -0.198. The Bertz CT molecular complexity index is 1240. The summed E-state index contributed by atoms with van der Waals surface area (Å²) in [7, 11) is 0. The van der Waals surface area contributed by atoms with E-state index in [1.165, 1.54) is 6.33 Å². The second-order valence-electron chi connectivity index (χ2n) is 7.24. The van der Waals surface area contributed by atoms with E-state index in [2.05, 4.69) is 30.5 Å². The van der Waals surface area contributed by atoms with Crippen molar-refractivity contribution in [3.8, 4) is 11.6 Å². The summed E-state index contributed by atoms with van der Waals surface area (Å²) < 4.78 is 3.25. The molecule has 3 aromatic heterocycles. The van der Waals surface area contributed by atoms with Gasteiger partial charge in [0.25, 0.3) is 5.95 Å². The lowest BCUT2D eigenvalue weighted by atomic mass is 10.1. The molecule has 0 aliphatic heterocycles. The van der Waals surface area contributed by atoms with E-state index in [1.807, 2.05) is 33.8 Å². The van der Waals surface area contributed by atoms with Gasteiger partial charge in [-0.3, -0.25) is 4.79 Å². The predicted molar refractivity (Wildman–Crippen MR) is 117 cm³/mol. The van der Waals surface area contributed by atoms with Gasteiger partial charge in [-0.05, 0) is 52.0 Å². The van der Waals surface area contributed by atoms with Crippen LogP contribution in [0.15, 0.2) is 36.9 Å². The van der Waals surface area contributed by atoms with Crippen LogP contribution in [0.4, 0.5) is 5.69 Å². The number of carbonyl (C=O) groups is 1. The van der Waals surface area contributed by atoms with Gasteiger partial charge >= 0.3 is 0 Å². The van der Waals surface area contributed by atoms with Crippen LogP contribution < -0.4 is 5.32 Å². The van der Waals surface area contributed by atoms with Crippen molar-refractivity contribution in [3.63, 3.8) is 0 Å². The summed E-state index contributed by atoms with van der Waals surface area (Å²) >= 11 is 6.15. The molecule has 1 aromatic carbocycles. The Labute approximate surface area is 184 Å². The number of hydrogen-bond acceptors (Lipinski definition) is 6. The van der Waals surface area contributed by atoms with Crippen molar-refractivity contribution in [2.45, 2.75) is 34.1 Å². The molecule has 0 saturated carbocycles. The number of rotatable bonds is 5. The highest BCUT2D eigenvalue weighted by Gasteiger charge is 2.19. The lowest BCUT2D eigenvalue weighted by Crippen LogP contribution is -2.17. The fourth-order valence-corrected chi connectivity index (χ4v) is 3.60. The molecule has 0 bridgehead atoms. The maximum atomic E-state index is 12.9. The van der Waals surface area contributed by atoms with Crippen LogP contribution in [-0.2, 0) is 11.2 Å². The highest BCUT2D eigenvalue weighted by atomic mass is 35.5. The van der Waals surface area contributed by atoms with Crippen molar-refractivity contribution >= 4 is 23.2 Å². The summed E-state index contributed by atoms with van der Waals surface area (Å²) in [4.78, 5) is 25.8. The minimum Gasteiger partial charge on any atom is -0.324 e. The molecule has 0 radical (unpaired) electrons. The summed E-state index contributed by atoms with van der Waals surface area (Å²) in [5, 5.41) is 12.1. The van der Waals surface area contributed by atoms with Crippen molar-refractivity contribution in [1.29, 1.82) is 0 Å². The number of nitrogens with zero attached hydrogens (tertiary/aromatic N) is 7. The van der Waals surface area contributed by atoms with Crippen LogP contribution in [-0.4, -0.2) is 40.4 Å². The minimum absolute atomic E-state index is 0.145. The molecular formula is C21H21ClN8O. The highest BCUT2D eigenvalue weighted by molar-refractivity contribution is 6.31. The summed E-state index contributed by atoms with van der Waals surface area (Å²) in [5.41, 5.74) is 5.32. The second-order valence-corrected chi connectivity index (χ2v) is 7.67. The van der Waals surface area contributed by atoms with Gasteiger partial charge in [0.2, 0.25) is 5.91 Å². The SMILES string of the molecule is Cc1cc(C)nc(-n2nc(C)c(CC(=O)Nc3cc(Cl)ccc3-n3cncn3)c2C)n1. The number of carbonyl (C=O) groups excluding carboxylic acids is 1.